The van der Waals surface area contributed by atoms with Gasteiger partial charge in [0.1, 0.15) is 5.60 Å². The van der Waals surface area contributed by atoms with Gasteiger partial charge in [0.05, 0.1) is 12.3 Å². The number of piperidine rings is 1. The molecule has 1 aromatic heterocycles. The van der Waals surface area contributed by atoms with Crippen LogP contribution in [-0.4, -0.2) is 46.0 Å². The predicted octanol–water partition coefficient (Wildman–Crippen LogP) is 3.34. The van der Waals surface area contributed by atoms with Crippen LogP contribution in [0.15, 0.2) is 12.1 Å². The molecule has 0 radical (unpaired) electrons. The number of rotatable bonds is 4. The number of hydrogen-bond donors (Lipinski definition) is 0. The molecule has 0 spiro atoms. The largest absolute Gasteiger partial charge is 0.477 e. The minimum absolute atomic E-state index is 0.164. The Balaban J connectivity index is 1.86. The maximum atomic E-state index is 12.3. The van der Waals surface area contributed by atoms with E-state index in [1.165, 1.54) is 0 Å². The van der Waals surface area contributed by atoms with Crippen molar-refractivity contribution in [2.45, 2.75) is 65.0 Å². The van der Waals surface area contributed by atoms with Crippen LogP contribution < -0.4 is 4.74 Å². The van der Waals surface area contributed by atoms with E-state index < -0.39 is 5.60 Å². The quantitative estimate of drug-likeness (QED) is 0.851. The normalized spacial score (nSPS) is 18.6. The van der Waals surface area contributed by atoms with Crippen LogP contribution in [0.3, 0.4) is 0 Å². The molecule has 0 saturated carbocycles. The summed E-state index contributed by atoms with van der Waals surface area (Å²) < 4.78 is 11.1. The molecule has 1 aliphatic heterocycles. The van der Waals surface area contributed by atoms with Gasteiger partial charge in [-0.05, 0) is 53.0 Å². The number of carbonyl (C=O) groups excluding carboxylic acids is 1. The lowest BCUT2D eigenvalue weighted by Crippen LogP contribution is -2.46. The van der Waals surface area contributed by atoms with E-state index in [0.29, 0.717) is 12.5 Å². The average Bonchev–Trinajstić information content (AvgIpc) is 2.48. The fourth-order valence-corrected chi connectivity index (χ4v) is 2.62. The van der Waals surface area contributed by atoms with Crippen LogP contribution in [0.1, 0.15) is 52.1 Å². The smallest absolute Gasteiger partial charge is 0.410 e. The fourth-order valence-electron chi connectivity index (χ4n) is 2.62. The number of ether oxygens (including phenoxy) is 2. The summed E-state index contributed by atoms with van der Waals surface area (Å²) >= 11 is 0. The van der Waals surface area contributed by atoms with Crippen LogP contribution in [0.25, 0.3) is 0 Å². The number of hydrogen-bond acceptors (Lipinski definition) is 5. The highest BCUT2D eigenvalue weighted by molar-refractivity contribution is 5.68. The average molecular weight is 321 g/mol. The molecule has 6 heteroatoms. The van der Waals surface area contributed by atoms with Gasteiger partial charge in [0.25, 0.3) is 0 Å². The fraction of sp³-hybridized carbons (Fsp3) is 0.706. The second-order valence-corrected chi connectivity index (χ2v) is 6.97. The van der Waals surface area contributed by atoms with Gasteiger partial charge in [-0.25, -0.2) is 4.79 Å². The lowest BCUT2D eigenvalue weighted by molar-refractivity contribution is 0.00736. The van der Waals surface area contributed by atoms with E-state index in [1.54, 1.807) is 0 Å². The van der Waals surface area contributed by atoms with Crippen LogP contribution >= 0.6 is 0 Å². The Morgan fingerprint density at radius 1 is 1.30 bits per heavy atom. The Kier molecular flexibility index (Phi) is 5.80. The van der Waals surface area contributed by atoms with E-state index in [9.17, 15) is 4.79 Å². The standard InChI is InChI=1S/C17H27N3O3/c1-13-8-9-15(19-18-13)22-12-10-14-7-5-6-11-20(14)16(21)23-17(2,3)4/h8-9,14H,5-7,10-12H2,1-4H3. The van der Waals surface area contributed by atoms with Crippen molar-refractivity contribution in [2.24, 2.45) is 0 Å². The lowest BCUT2D eigenvalue weighted by atomic mass is 10.0. The van der Waals surface area contributed by atoms with Crippen molar-refractivity contribution < 1.29 is 14.3 Å². The van der Waals surface area contributed by atoms with Gasteiger partial charge >= 0.3 is 6.09 Å². The minimum Gasteiger partial charge on any atom is -0.477 e. The van der Waals surface area contributed by atoms with Crippen molar-refractivity contribution in [2.75, 3.05) is 13.2 Å². The Labute approximate surface area is 138 Å². The van der Waals surface area contributed by atoms with Crippen LogP contribution in [0.4, 0.5) is 4.79 Å². The Bertz CT molecular complexity index is 511. The second kappa shape index (κ2) is 7.62. The number of aromatic nitrogens is 2. The van der Waals surface area contributed by atoms with Crippen LogP contribution in [0, 0.1) is 6.92 Å². The summed E-state index contributed by atoms with van der Waals surface area (Å²) in [6.07, 6.45) is 3.70. The molecular formula is C17H27N3O3. The third kappa shape index (κ3) is 5.69. The van der Waals surface area contributed by atoms with E-state index in [-0.39, 0.29) is 12.1 Å². The first-order chi connectivity index (χ1) is 10.8. The van der Waals surface area contributed by atoms with E-state index in [2.05, 4.69) is 10.2 Å². The zero-order valence-corrected chi connectivity index (χ0v) is 14.5. The summed E-state index contributed by atoms with van der Waals surface area (Å²) in [6, 6.07) is 3.85. The van der Waals surface area contributed by atoms with E-state index >= 15 is 0 Å². The Hall–Kier alpha value is -1.85. The van der Waals surface area contributed by atoms with Crippen molar-refractivity contribution in [1.82, 2.24) is 15.1 Å². The number of likely N-dealkylation sites (tertiary alicyclic amines) is 1. The summed E-state index contributed by atoms with van der Waals surface area (Å²) in [7, 11) is 0. The molecule has 1 atom stereocenters. The van der Waals surface area contributed by atoms with Gasteiger partial charge in [-0.3, -0.25) is 0 Å². The number of nitrogens with zero attached hydrogens (tertiary/aromatic N) is 3. The minimum atomic E-state index is -0.465. The molecule has 1 amide bonds. The van der Waals surface area contributed by atoms with Gasteiger partial charge in [0.2, 0.25) is 5.88 Å². The summed E-state index contributed by atoms with van der Waals surface area (Å²) in [5.74, 6) is 0.523. The van der Waals surface area contributed by atoms with Crippen molar-refractivity contribution in [3.05, 3.63) is 17.8 Å². The molecule has 23 heavy (non-hydrogen) atoms. The molecule has 1 aliphatic rings. The number of carbonyl (C=O) groups is 1. The first-order valence-corrected chi connectivity index (χ1v) is 8.28. The molecule has 2 rings (SSSR count). The molecule has 6 nitrogen and oxygen atoms in total. The SMILES string of the molecule is Cc1ccc(OCCC2CCCCN2C(=O)OC(C)(C)C)nn1. The molecule has 1 unspecified atom stereocenters. The van der Waals surface area contributed by atoms with Crippen molar-refractivity contribution in [1.29, 1.82) is 0 Å². The van der Waals surface area contributed by atoms with Gasteiger partial charge in [-0.1, -0.05) is 0 Å². The van der Waals surface area contributed by atoms with Gasteiger partial charge in [-0.2, -0.15) is 5.10 Å². The van der Waals surface area contributed by atoms with E-state index in [0.717, 1.165) is 37.9 Å². The van der Waals surface area contributed by atoms with Crippen LogP contribution in [0.2, 0.25) is 0 Å². The maximum absolute atomic E-state index is 12.3. The van der Waals surface area contributed by atoms with Crippen molar-refractivity contribution in [3.63, 3.8) is 0 Å². The zero-order chi connectivity index (χ0) is 16.9. The summed E-state index contributed by atoms with van der Waals surface area (Å²) in [5, 5.41) is 7.95. The first kappa shape index (κ1) is 17.5. The molecule has 1 aromatic rings. The van der Waals surface area contributed by atoms with Gasteiger partial charge < -0.3 is 14.4 Å². The Morgan fingerprint density at radius 2 is 2.09 bits per heavy atom. The highest BCUT2D eigenvalue weighted by Crippen LogP contribution is 2.22. The van der Waals surface area contributed by atoms with Gasteiger partial charge in [0, 0.05) is 25.1 Å². The number of aryl methyl sites for hydroxylation is 1. The Morgan fingerprint density at radius 3 is 2.74 bits per heavy atom. The summed E-state index contributed by atoms with van der Waals surface area (Å²) in [4.78, 5) is 14.2. The summed E-state index contributed by atoms with van der Waals surface area (Å²) in [6.45, 7) is 8.83. The molecule has 2 heterocycles. The molecule has 0 aliphatic carbocycles. The predicted molar refractivity (Wildman–Crippen MR) is 87.5 cm³/mol. The van der Waals surface area contributed by atoms with Gasteiger partial charge in [-0.15, -0.1) is 5.10 Å². The van der Waals surface area contributed by atoms with Crippen molar-refractivity contribution >= 4 is 6.09 Å². The van der Waals surface area contributed by atoms with Crippen LogP contribution in [0.5, 0.6) is 5.88 Å². The molecule has 128 valence electrons. The maximum Gasteiger partial charge on any atom is 0.410 e. The third-order valence-electron chi connectivity index (χ3n) is 3.73. The highest BCUT2D eigenvalue weighted by Gasteiger charge is 2.30. The molecule has 0 bridgehead atoms. The number of amides is 1. The topological polar surface area (TPSA) is 64.5 Å². The monoisotopic (exact) mass is 321 g/mol. The highest BCUT2D eigenvalue weighted by atomic mass is 16.6. The third-order valence-corrected chi connectivity index (χ3v) is 3.73. The molecule has 0 aromatic carbocycles. The first-order valence-electron chi connectivity index (χ1n) is 8.28. The lowest BCUT2D eigenvalue weighted by Gasteiger charge is -2.36. The van der Waals surface area contributed by atoms with E-state index in [4.69, 9.17) is 9.47 Å². The molecular weight excluding hydrogens is 294 g/mol. The van der Waals surface area contributed by atoms with Crippen molar-refractivity contribution in [3.8, 4) is 5.88 Å². The van der Waals surface area contributed by atoms with Gasteiger partial charge in [0.15, 0.2) is 0 Å². The molecule has 0 N–H and O–H groups in total. The van der Waals surface area contributed by atoms with E-state index in [1.807, 2.05) is 44.7 Å². The van der Waals surface area contributed by atoms with Crippen LogP contribution in [-0.2, 0) is 4.74 Å². The summed E-state index contributed by atoms with van der Waals surface area (Å²) in [5.41, 5.74) is 0.397. The zero-order valence-electron chi connectivity index (χ0n) is 14.5. The molecule has 1 fully saturated rings. The molecule has 1 saturated heterocycles. The second-order valence-electron chi connectivity index (χ2n) is 6.97.